The third-order valence-corrected chi connectivity index (χ3v) is 3.62. The first-order valence-electron chi connectivity index (χ1n) is 7.05. The van der Waals surface area contributed by atoms with Crippen LogP contribution in [0.15, 0.2) is 4.52 Å². The third kappa shape index (κ3) is 2.94. The van der Waals surface area contributed by atoms with Crippen LogP contribution in [-0.4, -0.2) is 35.7 Å². The molecule has 0 aliphatic carbocycles. The highest BCUT2D eigenvalue weighted by molar-refractivity contribution is 5.90. The Labute approximate surface area is 113 Å². The van der Waals surface area contributed by atoms with E-state index in [9.17, 15) is 4.79 Å². The predicted octanol–water partition coefficient (Wildman–Crippen LogP) is 1.24. The first kappa shape index (κ1) is 14.0. The smallest absolute Gasteiger partial charge is 0.292 e. The maximum atomic E-state index is 11.7. The molecule has 1 aliphatic heterocycles. The molecule has 0 spiro atoms. The van der Waals surface area contributed by atoms with Crippen molar-refractivity contribution in [2.75, 3.05) is 19.6 Å². The van der Waals surface area contributed by atoms with E-state index in [-0.39, 0.29) is 17.1 Å². The molecule has 1 aromatic rings. The molecule has 1 aromatic heterocycles. The summed E-state index contributed by atoms with van der Waals surface area (Å²) in [5.41, 5.74) is -0.106. The zero-order chi connectivity index (χ0) is 13.7. The molecule has 1 saturated heterocycles. The van der Waals surface area contributed by atoms with Crippen molar-refractivity contribution in [3.63, 3.8) is 0 Å². The molecule has 2 rings (SSSR count). The lowest BCUT2D eigenvalue weighted by Crippen LogP contribution is -2.43. The minimum Gasteiger partial charge on any atom is -0.349 e. The van der Waals surface area contributed by atoms with Crippen LogP contribution in [0.1, 0.15) is 56.0 Å². The quantitative estimate of drug-likeness (QED) is 0.838. The topological polar surface area (TPSA) is 80.1 Å². The zero-order valence-corrected chi connectivity index (χ0v) is 11.7. The van der Waals surface area contributed by atoms with Gasteiger partial charge in [-0.25, -0.2) is 0 Å². The van der Waals surface area contributed by atoms with Crippen LogP contribution >= 0.6 is 0 Å². The summed E-state index contributed by atoms with van der Waals surface area (Å²) in [5, 5.41) is 9.89. The molecule has 0 radical (unpaired) electrons. The van der Waals surface area contributed by atoms with Gasteiger partial charge >= 0.3 is 0 Å². The van der Waals surface area contributed by atoms with E-state index in [1.165, 1.54) is 0 Å². The van der Waals surface area contributed by atoms with Gasteiger partial charge < -0.3 is 15.2 Å². The molecule has 1 aliphatic rings. The Kier molecular flexibility index (Phi) is 4.52. The fourth-order valence-corrected chi connectivity index (χ4v) is 2.72. The summed E-state index contributed by atoms with van der Waals surface area (Å²) in [4.78, 5) is 16.0. The van der Waals surface area contributed by atoms with E-state index in [4.69, 9.17) is 4.52 Å². The second-order valence-electron chi connectivity index (χ2n) is 5.09. The van der Waals surface area contributed by atoms with Gasteiger partial charge in [-0.15, -0.1) is 0 Å². The molecular weight excluding hydrogens is 244 g/mol. The van der Waals surface area contributed by atoms with Crippen LogP contribution in [0, 0.1) is 0 Å². The number of nitrogens with zero attached hydrogens (tertiary/aromatic N) is 2. The standard InChI is InChI=1S/C13H22N4O2/c1-3-6-13(7-5-8-14-9-13)12-16-10(17-19-12)11(18)15-4-2/h14H,3-9H2,1-2H3,(H,15,18). The number of aromatic nitrogens is 2. The van der Waals surface area contributed by atoms with E-state index in [1.54, 1.807) is 0 Å². The average molecular weight is 266 g/mol. The summed E-state index contributed by atoms with van der Waals surface area (Å²) in [6, 6.07) is 0. The molecule has 1 unspecified atom stereocenters. The number of carbonyl (C=O) groups excluding carboxylic acids is 1. The molecule has 19 heavy (non-hydrogen) atoms. The monoisotopic (exact) mass is 266 g/mol. The average Bonchev–Trinajstić information content (AvgIpc) is 2.91. The number of hydrogen-bond donors (Lipinski definition) is 2. The van der Waals surface area contributed by atoms with Gasteiger partial charge in [0.1, 0.15) is 0 Å². The Morgan fingerprint density at radius 2 is 2.37 bits per heavy atom. The zero-order valence-electron chi connectivity index (χ0n) is 11.7. The van der Waals surface area contributed by atoms with Gasteiger partial charge in [-0.05, 0) is 32.7 Å². The number of piperidine rings is 1. The van der Waals surface area contributed by atoms with Crippen molar-refractivity contribution in [1.82, 2.24) is 20.8 Å². The summed E-state index contributed by atoms with van der Waals surface area (Å²) in [6.45, 7) is 6.45. The van der Waals surface area contributed by atoms with E-state index < -0.39 is 0 Å². The lowest BCUT2D eigenvalue weighted by molar-refractivity contribution is 0.0942. The molecule has 1 amide bonds. The summed E-state index contributed by atoms with van der Waals surface area (Å²) in [6.07, 6.45) is 4.18. The largest absolute Gasteiger partial charge is 0.349 e. The number of nitrogens with one attached hydrogen (secondary N) is 2. The number of amides is 1. The van der Waals surface area contributed by atoms with Gasteiger partial charge in [-0.1, -0.05) is 18.5 Å². The molecule has 2 heterocycles. The lowest BCUT2D eigenvalue weighted by atomic mass is 9.77. The van der Waals surface area contributed by atoms with Crippen molar-refractivity contribution in [2.24, 2.45) is 0 Å². The van der Waals surface area contributed by atoms with E-state index in [0.717, 1.165) is 38.8 Å². The summed E-state index contributed by atoms with van der Waals surface area (Å²) in [7, 11) is 0. The fourth-order valence-electron chi connectivity index (χ4n) is 2.72. The first-order valence-corrected chi connectivity index (χ1v) is 7.05. The van der Waals surface area contributed by atoms with Crippen LogP contribution in [0.25, 0.3) is 0 Å². The van der Waals surface area contributed by atoms with Crippen LogP contribution in [0.2, 0.25) is 0 Å². The van der Waals surface area contributed by atoms with E-state index in [2.05, 4.69) is 27.7 Å². The Morgan fingerprint density at radius 1 is 1.53 bits per heavy atom. The number of carbonyl (C=O) groups is 1. The molecule has 2 N–H and O–H groups in total. The lowest BCUT2D eigenvalue weighted by Gasteiger charge is -2.34. The third-order valence-electron chi connectivity index (χ3n) is 3.62. The van der Waals surface area contributed by atoms with E-state index >= 15 is 0 Å². The molecule has 1 atom stereocenters. The minimum atomic E-state index is -0.270. The van der Waals surface area contributed by atoms with Crippen molar-refractivity contribution in [3.05, 3.63) is 11.7 Å². The number of hydrogen-bond acceptors (Lipinski definition) is 5. The molecule has 0 saturated carbocycles. The summed E-state index contributed by atoms with van der Waals surface area (Å²) >= 11 is 0. The van der Waals surface area contributed by atoms with Crippen molar-refractivity contribution in [1.29, 1.82) is 0 Å². The van der Waals surface area contributed by atoms with E-state index in [1.807, 2.05) is 6.92 Å². The SMILES string of the molecule is CCCC1(c2nc(C(=O)NCC)no2)CCCNC1. The maximum Gasteiger partial charge on any atom is 0.292 e. The van der Waals surface area contributed by atoms with Crippen molar-refractivity contribution in [3.8, 4) is 0 Å². The normalized spacial score (nSPS) is 23.3. The second kappa shape index (κ2) is 6.14. The fraction of sp³-hybridized carbons (Fsp3) is 0.769. The Hall–Kier alpha value is -1.43. The Balaban J connectivity index is 2.20. The van der Waals surface area contributed by atoms with Gasteiger partial charge in [-0.2, -0.15) is 4.98 Å². The number of rotatable bonds is 5. The summed E-state index contributed by atoms with van der Waals surface area (Å²) < 4.78 is 5.37. The van der Waals surface area contributed by atoms with Gasteiger partial charge in [0.05, 0.1) is 5.41 Å². The van der Waals surface area contributed by atoms with Gasteiger partial charge in [0, 0.05) is 13.1 Å². The molecule has 6 nitrogen and oxygen atoms in total. The highest BCUT2D eigenvalue weighted by atomic mass is 16.5. The van der Waals surface area contributed by atoms with Gasteiger partial charge in [0.25, 0.3) is 11.7 Å². The van der Waals surface area contributed by atoms with Crippen molar-refractivity contribution >= 4 is 5.91 Å². The van der Waals surface area contributed by atoms with Crippen LogP contribution in [0.4, 0.5) is 0 Å². The van der Waals surface area contributed by atoms with Crippen LogP contribution in [0.3, 0.4) is 0 Å². The predicted molar refractivity (Wildman–Crippen MR) is 71.0 cm³/mol. The highest BCUT2D eigenvalue weighted by Gasteiger charge is 2.38. The van der Waals surface area contributed by atoms with Crippen LogP contribution < -0.4 is 10.6 Å². The van der Waals surface area contributed by atoms with Crippen molar-refractivity contribution < 1.29 is 9.32 Å². The first-order chi connectivity index (χ1) is 9.22. The van der Waals surface area contributed by atoms with Crippen LogP contribution in [-0.2, 0) is 5.41 Å². The Bertz CT molecular complexity index is 419. The van der Waals surface area contributed by atoms with Gasteiger partial charge in [0.15, 0.2) is 0 Å². The molecule has 0 aromatic carbocycles. The summed E-state index contributed by atoms with van der Waals surface area (Å²) in [5.74, 6) is 0.466. The highest BCUT2D eigenvalue weighted by Crippen LogP contribution is 2.34. The minimum absolute atomic E-state index is 0.106. The molecule has 106 valence electrons. The second-order valence-corrected chi connectivity index (χ2v) is 5.09. The Morgan fingerprint density at radius 3 is 3.00 bits per heavy atom. The van der Waals surface area contributed by atoms with Crippen LogP contribution in [0.5, 0.6) is 0 Å². The van der Waals surface area contributed by atoms with Gasteiger partial charge in [-0.3, -0.25) is 4.79 Å². The maximum absolute atomic E-state index is 11.7. The molecular formula is C13H22N4O2. The van der Waals surface area contributed by atoms with E-state index in [0.29, 0.717) is 12.4 Å². The van der Waals surface area contributed by atoms with Gasteiger partial charge in [0.2, 0.25) is 5.89 Å². The molecule has 1 fully saturated rings. The molecule has 0 bridgehead atoms. The van der Waals surface area contributed by atoms with Crippen molar-refractivity contribution in [2.45, 2.75) is 44.9 Å². The molecule has 6 heteroatoms.